The molecule has 7 nitrogen and oxygen atoms in total. The number of carbonyl (C=O) groups is 2. The first-order chi connectivity index (χ1) is 14.4. The molecule has 0 radical (unpaired) electrons. The van der Waals surface area contributed by atoms with E-state index in [1.54, 1.807) is 27.4 Å². The van der Waals surface area contributed by atoms with E-state index in [2.05, 4.69) is 10.6 Å². The highest BCUT2D eigenvalue weighted by Gasteiger charge is 2.29. The van der Waals surface area contributed by atoms with Crippen LogP contribution < -0.4 is 24.8 Å². The van der Waals surface area contributed by atoms with E-state index in [4.69, 9.17) is 14.2 Å². The van der Waals surface area contributed by atoms with Crippen LogP contribution in [0.5, 0.6) is 17.2 Å². The predicted octanol–water partition coefficient (Wildman–Crippen LogP) is 3.94. The van der Waals surface area contributed by atoms with Crippen LogP contribution in [0.2, 0.25) is 0 Å². The molecule has 0 aliphatic heterocycles. The first-order valence-corrected chi connectivity index (χ1v) is 9.95. The maximum absolute atomic E-state index is 12.5. The topological polar surface area (TPSA) is 85.9 Å². The number of aryl methyl sites for hydroxylation is 2. The van der Waals surface area contributed by atoms with Gasteiger partial charge >= 0.3 is 0 Å². The molecule has 0 bridgehead atoms. The summed E-state index contributed by atoms with van der Waals surface area (Å²) in [6.45, 7) is 1.92. The van der Waals surface area contributed by atoms with Crippen LogP contribution in [0.25, 0.3) is 0 Å². The molecule has 160 valence electrons. The molecule has 0 spiro atoms. The Hall–Kier alpha value is -3.22. The highest BCUT2D eigenvalue weighted by molar-refractivity contribution is 5.96. The summed E-state index contributed by atoms with van der Waals surface area (Å²) in [5, 5.41) is 5.85. The van der Waals surface area contributed by atoms with Crippen LogP contribution in [-0.4, -0.2) is 33.1 Å². The van der Waals surface area contributed by atoms with E-state index in [0.717, 1.165) is 24.0 Å². The molecule has 0 unspecified atom stereocenters. The first kappa shape index (κ1) is 21.5. The van der Waals surface area contributed by atoms with Crippen molar-refractivity contribution in [2.24, 2.45) is 5.92 Å². The fourth-order valence-corrected chi connectivity index (χ4v) is 3.17. The molecular formula is C23H28N2O5. The Bertz CT molecular complexity index is 912. The van der Waals surface area contributed by atoms with Crippen molar-refractivity contribution in [1.82, 2.24) is 0 Å². The lowest BCUT2D eigenvalue weighted by Gasteiger charge is -2.14. The monoisotopic (exact) mass is 412 g/mol. The van der Waals surface area contributed by atoms with E-state index in [0.29, 0.717) is 35.0 Å². The van der Waals surface area contributed by atoms with Gasteiger partial charge in [0.05, 0.1) is 21.3 Å². The summed E-state index contributed by atoms with van der Waals surface area (Å²) in [7, 11) is 4.67. The van der Waals surface area contributed by atoms with Gasteiger partial charge in [0.15, 0.2) is 11.5 Å². The zero-order valence-corrected chi connectivity index (χ0v) is 17.8. The van der Waals surface area contributed by atoms with Crippen LogP contribution in [-0.2, 0) is 16.0 Å². The zero-order valence-electron chi connectivity index (χ0n) is 17.8. The molecule has 2 N–H and O–H groups in total. The maximum Gasteiger partial charge on any atom is 0.227 e. The SMILES string of the molecule is COc1cc(CCC(=O)Nc2cc(NC(=O)C3CC3)ccc2C)cc(OC)c1OC. The molecule has 1 aliphatic rings. The van der Waals surface area contributed by atoms with Crippen molar-refractivity contribution in [3.63, 3.8) is 0 Å². The van der Waals surface area contributed by atoms with Gasteiger partial charge < -0.3 is 24.8 Å². The molecule has 2 aromatic rings. The molecule has 2 aromatic carbocycles. The third-order valence-electron chi connectivity index (χ3n) is 5.09. The Labute approximate surface area is 176 Å². The number of anilines is 2. The molecule has 0 heterocycles. The Morgan fingerprint density at radius 2 is 1.63 bits per heavy atom. The summed E-state index contributed by atoms with van der Waals surface area (Å²) >= 11 is 0. The second kappa shape index (κ2) is 9.52. The maximum atomic E-state index is 12.5. The molecule has 1 saturated carbocycles. The van der Waals surface area contributed by atoms with Crippen molar-refractivity contribution in [1.29, 1.82) is 0 Å². The van der Waals surface area contributed by atoms with Crippen LogP contribution in [0.1, 0.15) is 30.4 Å². The molecule has 2 amide bonds. The normalized spacial score (nSPS) is 12.8. The first-order valence-electron chi connectivity index (χ1n) is 9.95. The van der Waals surface area contributed by atoms with Gasteiger partial charge in [0.25, 0.3) is 0 Å². The van der Waals surface area contributed by atoms with Crippen molar-refractivity contribution >= 4 is 23.2 Å². The lowest BCUT2D eigenvalue weighted by atomic mass is 10.1. The quantitative estimate of drug-likeness (QED) is 0.652. The Kier molecular flexibility index (Phi) is 6.82. The van der Waals surface area contributed by atoms with Crippen molar-refractivity contribution < 1.29 is 23.8 Å². The number of ether oxygens (including phenoxy) is 3. The molecule has 1 fully saturated rings. The second-order valence-corrected chi connectivity index (χ2v) is 7.37. The van der Waals surface area contributed by atoms with Gasteiger partial charge in [0.2, 0.25) is 17.6 Å². The standard InChI is InChI=1S/C23H28N2O5/c1-14-5-9-17(24-23(27)16-7-8-16)13-18(14)25-21(26)10-6-15-11-19(28-2)22(30-4)20(12-15)29-3/h5,9,11-13,16H,6-8,10H2,1-4H3,(H,24,27)(H,25,26). The number of hydrogen-bond donors (Lipinski definition) is 2. The number of carbonyl (C=O) groups excluding carboxylic acids is 2. The van der Waals surface area contributed by atoms with E-state index >= 15 is 0 Å². The van der Waals surface area contributed by atoms with Crippen LogP contribution in [0.4, 0.5) is 11.4 Å². The highest BCUT2D eigenvalue weighted by Crippen LogP contribution is 2.38. The summed E-state index contributed by atoms with van der Waals surface area (Å²) in [4.78, 5) is 24.5. The number of nitrogens with one attached hydrogen (secondary N) is 2. The molecule has 3 rings (SSSR count). The Morgan fingerprint density at radius 3 is 2.20 bits per heavy atom. The highest BCUT2D eigenvalue weighted by atomic mass is 16.5. The van der Waals surface area contributed by atoms with Crippen molar-refractivity contribution in [3.8, 4) is 17.2 Å². The average molecular weight is 412 g/mol. The number of amides is 2. The number of hydrogen-bond acceptors (Lipinski definition) is 5. The van der Waals surface area contributed by atoms with Gasteiger partial charge in [-0.15, -0.1) is 0 Å². The van der Waals surface area contributed by atoms with Gasteiger partial charge in [0.1, 0.15) is 0 Å². The molecule has 0 saturated heterocycles. The predicted molar refractivity (Wildman–Crippen MR) is 116 cm³/mol. The van der Waals surface area contributed by atoms with Crippen LogP contribution in [0.3, 0.4) is 0 Å². The third-order valence-corrected chi connectivity index (χ3v) is 5.09. The summed E-state index contributed by atoms with van der Waals surface area (Å²) < 4.78 is 16.1. The van der Waals surface area contributed by atoms with Crippen LogP contribution in [0.15, 0.2) is 30.3 Å². The Morgan fingerprint density at radius 1 is 0.967 bits per heavy atom. The lowest BCUT2D eigenvalue weighted by molar-refractivity contribution is -0.117. The van der Waals surface area contributed by atoms with Crippen LogP contribution >= 0.6 is 0 Å². The van der Waals surface area contributed by atoms with E-state index in [1.807, 2.05) is 31.2 Å². The molecular weight excluding hydrogens is 384 g/mol. The fourth-order valence-electron chi connectivity index (χ4n) is 3.17. The fraction of sp³-hybridized carbons (Fsp3) is 0.391. The number of rotatable bonds is 9. The van der Waals surface area contributed by atoms with Gasteiger partial charge in [-0.25, -0.2) is 0 Å². The van der Waals surface area contributed by atoms with Gasteiger partial charge in [0, 0.05) is 23.7 Å². The lowest BCUT2D eigenvalue weighted by Crippen LogP contribution is -2.15. The molecule has 0 atom stereocenters. The van der Waals surface area contributed by atoms with Gasteiger partial charge in [-0.3, -0.25) is 9.59 Å². The summed E-state index contributed by atoms with van der Waals surface area (Å²) in [6, 6.07) is 9.22. The van der Waals surface area contributed by atoms with Gasteiger partial charge in [-0.1, -0.05) is 6.07 Å². The number of methoxy groups -OCH3 is 3. The van der Waals surface area contributed by atoms with Crippen molar-refractivity contribution in [3.05, 3.63) is 41.5 Å². The minimum atomic E-state index is -0.113. The minimum Gasteiger partial charge on any atom is -0.493 e. The Balaban J connectivity index is 1.64. The molecule has 7 heteroatoms. The number of benzene rings is 2. The molecule has 0 aromatic heterocycles. The van der Waals surface area contributed by atoms with Crippen molar-refractivity contribution in [2.45, 2.75) is 32.6 Å². The minimum absolute atomic E-state index is 0.0403. The van der Waals surface area contributed by atoms with E-state index in [9.17, 15) is 9.59 Å². The zero-order chi connectivity index (χ0) is 21.7. The van der Waals surface area contributed by atoms with Gasteiger partial charge in [-0.05, 0) is 61.6 Å². The summed E-state index contributed by atoms with van der Waals surface area (Å²) in [5.74, 6) is 1.69. The van der Waals surface area contributed by atoms with Gasteiger partial charge in [-0.2, -0.15) is 0 Å². The molecule has 30 heavy (non-hydrogen) atoms. The van der Waals surface area contributed by atoms with E-state index in [-0.39, 0.29) is 24.2 Å². The van der Waals surface area contributed by atoms with E-state index < -0.39 is 0 Å². The smallest absolute Gasteiger partial charge is 0.227 e. The second-order valence-electron chi connectivity index (χ2n) is 7.37. The molecule has 1 aliphatic carbocycles. The third kappa shape index (κ3) is 5.23. The summed E-state index contributed by atoms with van der Waals surface area (Å²) in [6.07, 6.45) is 2.70. The average Bonchev–Trinajstić information content (AvgIpc) is 3.59. The van der Waals surface area contributed by atoms with Crippen LogP contribution in [0, 0.1) is 12.8 Å². The largest absolute Gasteiger partial charge is 0.493 e. The summed E-state index contributed by atoms with van der Waals surface area (Å²) in [5.41, 5.74) is 3.22. The van der Waals surface area contributed by atoms with E-state index in [1.165, 1.54) is 0 Å². The van der Waals surface area contributed by atoms with Crippen molar-refractivity contribution in [2.75, 3.05) is 32.0 Å².